The highest BCUT2D eigenvalue weighted by Gasteiger charge is 2.28. The zero-order valence-electron chi connectivity index (χ0n) is 38.8. The highest BCUT2D eigenvalue weighted by atomic mass is 15.0. The van der Waals surface area contributed by atoms with Gasteiger partial charge < -0.3 is 0 Å². The van der Waals surface area contributed by atoms with E-state index in [4.69, 9.17) is 9.98 Å². The van der Waals surface area contributed by atoms with Crippen LogP contribution >= 0.6 is 0 Å². The molecule has 0 radical (unpaired) electrons. The highest BCUT2D eigenvalue weighted by Crippen LogP contribution is 2.43. The van der Waals surface area contributed by atoms with Gasteiger partial charge in [-0.3, -0.25) is 9.98 Å². The summed E-state index contributed by atoms with van der Waals surface area (Å²) in [5.41, 5.74) is 14.5. The van der Waals surface area contributed by atoms with Crippen LogP contribution in [0.15, 0.2) is 212 Å². The molecule has 3 aliphatic rings. The van der Waals surface area contributed by atoms with E-state index in [1.165, 1.54) is 44.5 Å². The van der Waals surface area contributed by atoms with Crippen molar-refractivity contribution in [2.45, 2.75) is 98.4 Å². The summed E-state index contributed by atoms with van der Waals surface area (Å²) in [6, 6.07) is 24.5. The Morgan fingerprint density at radius 3 is 2.61 bits per heavy atom. The first kappa shape index (κ1) is 47.0. The quantitative estimate of drug-likeness (QED) is 0.0563. The van der Waals surface area contributed by atoms with Gasteiger partial charge in [0.15, 0.2) is 11.7 Å². The zero-order valence-corrected chi connectivity index (χ0v) is 38.8. The summed E-state index contributed by atoms with van der Waals surface area (Å²) < 4.78 is 0. The predicted molar refractivity (Wildman–Crippen MR) is 280 cm³/mol. The van der Waals surface area contributed by atoms with Crippen LogP contribution in [-0.2, 0) is 6.54 Å². The molecule has 3 aromatic carbocycles. The molecule has 64 heavy (non-hydrogen) atoms. The Morgan fingerprint density at radius 2 is 1.77 bits per heavy atom. The maximum atomic E-state index is 5.34. The SMILES string of the molecule is C=NC(=NC(=NCc1ccc(C)c(-c2ccccc2C(C2=CC=NC=CC2)C(CC)CC/C=C\CC)c1)c1cccc(C2=CC=CC=CC2)c1)C1=CCCC(/C(C)=C/C=C\C=C/C)=C1. The van der Waals surface area contributed by atoms with Gasteiger partial charge in [0.2, 0.25) is 0 Å². The minimum Gasteiger partial charge on any atom is -0.265 e. The third-order valence-corrected chi connectivity index (χ3v) is 12.2. The molecule has 0 aromatic heterocycles. The lowest BCUT2D eigenvalue weighted by Gasteiger charge is -2.31. The van der Waals surface area contributed by atoms with Crippen molar-refractivity contribution < 1.29 is 0 Å². The summed E-state index contributed by atoms with van der Waals surface area (Å²) in [6.07, 6.45) is 46.5. The van der Waals surface area contributed by atoms with Crippen molar-refractivity contribution in [1.82, 2.24) is 0 Å². The summed E-state index contributed by atoms with van der Waals surface area (Å²) in [5, 5.41) is 0. The average molecular weight is 843 g/mol. The van der Waals surface area contributed by atoms with E-state index in [0.29, 0.717) is 24.1 Å². The predicted octanol–water partition coefficient (Wildman–Crippen LogP) is 16.1. The summed E-state index contributed by atoms with van der Waals surface area (Å²) in [6.45, 7) is 15.5. The van der Waals surface area contributed by atoms with Gasteiger partial charge in [0, 0.05) is 29.5 Å². The Hall–Kier alpha value is -6.52. The topological polar surface area (TPSA) is 49.4 Å². The van der Waals surface area contributed by atoms with Crippen LogP contribution in [0.2, 0.25) is 0 Å². The molecular weight excluding hydrogens is 777 g/mol. The van der Waals surface area contributed by atoms with Crippen molar-refractivity contribution in [1.29, 1.82) is 0 Å². The van der Waals surface area contributed by atoms with Gasteiger partial charge in [-0.15, -0.1) is 0 Å². The molecule has 326 valence electrons. The molecule has 1 heterocycles. The van der Waals surface area contributed by atoms with Crippen LogP contribution in [-0.4, -0.2) is 24.6 Å². The molecule has 4 nitrogen and oxygen atoms in total. The number of benzene rings is 3. The van der Waals surface area contributed by atoms with Crippen molar-refractivity contribution in [3.8, 4) is 11.1 Å². The first-order valence-electron chi connectivity index (χ1n) is 23.3. The molecule has 0 spiro atoms. The third kappa shape index (κ3) is 13.0. The first-order chi connectivity index (χ1) is 31.4. The number of aryl methyl sites for hydroxylation is 1. The van der Waals surface area contributed by atoms with Crippen LogP contribution < -0.4 is 0 Å². The third-order valence-electron chi connectivity index (χ3n) is 12.2. The van der Waals surface area contributed by atoms with Gasteiger partial charge in [-0.25, -0.2) is 9.98 Å². The second-order valence-electron chi connectivity index (χ2n) is 16.6. The largest absolute Gasteiger partial charge is 0.265 e. The van der Waals surface area contributed by atoms with Crippen LogP contribution in [0, 0.1) is 12.8 Å². The Kier molecular flexibility index (Phi) is 18.3. The van der Waals surface area contributed by atoms with Gasteiger partial charge in [-0.2, -0.15) is 0 Å². The summed E-state index contributed by atoms with van der Waals surface area (Å²) in [4.78, 5) is 19.6. The molecule has 0 fully saturated rings. The van der Waals surface area contributed by atoms with Gasteiger partial charge in [-0.1, -0.05) is 166 Å². The molecule has 1 aliphatic heterocycles. The molecule has 2 unspecified atom stereocenters. The van der Waals surface area contributed by atoms with Gasteiger partial charge >= 0.3 is 0 Å². The lowest BCUT2D eigenvalue weighted by atomic mass is 9.73. The Bertz CT molecular complexity index is 2550. The summed E-state index contributed by atoms with van der Waals surface area (Å²) in [5.74, 6) is 1.95. The molecule has 3 aromatic rings. The number of amidine groups is 2. The summed E-state index contributed by atoms with van der Waals surface area (Å²) in [7, 11) is 0. The Morgan fingerprint density at radius 1 is 0.875 bits per heavy atom. The molecule has 6 rings (SSSR count). The van der Waals surface area contributed by atoms with Crippen LogP contribution in [0.4, 0.5) is 0 Å². The molecular formula is C60H66N4. The van der Waals surface area contributed by atoms with Gasteiger partial charge in [0.05, 0.1) is 6.54 Å². The van der Waals surface area contributed by atoms with E-state index in [1.54, 1.807) is 0 Å². The molecule has 2 aliphatic carbocycles. The lowest BCUT2D eigenvalue weighted by Crippen LogP contribution is -2.16. The molecule has 0 amide bonds. The van der Waals surface area contributed by atoms with E-state index in [0.717, 1.165) is 73.6 Å². The second-order valence-corrected chi connectivity index (χ2v) is 16.6. The van der Waals surface area contributed by atoms with Crippen LogP contribution in [0.5, 0.6) is 0 Å². The molecule has 0 N–H and O–H groups in total. The highest BCUT2D eigenvalue weighted by molar-refractivity contribution is 6.14. The van der Waals surface area contributed by atoms with Crippen LogP contribution in [0.3, 0.4) is 0 Å². The number of allylic oxidation sites excluding steroid dienone is 19. The Labute approximate surface area is 384 Å². The van der Waals surface area contributed by atoms with E-state index in [-0.39, 0.29) is 5.92 Å². The van der Waals surface area contributed by atoms with E-state index >= 15 is 0 Å². The van der Waals surface area contributed by atoms with E-state index in [1.807, 2.05) is 31.5 Å². The first-order valence-corrected chi connectivity index (χ1v) is 23.3. The molecule has 0 saturated carbocycles. The van der Waals surface area contributed by atoms with Crippen LogP contribution in [0.25, 0.3) is 16.7 Å². The zero-order chi connectivity index (χ0) is 44.9. The van der Waals surface area contributed by atoms with Crippen LogP contribution in [0.1, 0.15) is 113 Å². The molecule has 0 bridgehead atoms. The number of aliphatic imine (C=N–C) groups is 4. The summed E-state index contributed by atoms with van der Waals surface area (Å²) >= 11 is 0. The molecule has 4 heteroatoms. The van der Waals surface area contributed by atoms with E-state index in [9.17, 15) is 0 Å². The standard InChI is InChI=1S/C60H66N4/c1-7-10-12-16-25-45(4)51-29-22-31-53(42-51)59(61-6)64-60(54-32-23-30-52(43-54)49-27-18-14-15-19-28-49)63-44-47-37-36-46(5)57(41-47)55-34-20-21-35-56(55)58(50-33-24-39-62-40-38-50)48(9-3)26-17-13-11-8-2/h7,10-16,18-21,23-25,27,30-32,34-43,48,58H,6,8-9,17,22,26,28-29,33,44H2,1-5H3/b10-7-,13-11-,16-12-,45-25+,63-60?,64-59?. The monoisotopic (exact) mass is 843 g/mol. The fraction of sp³-hybridized carbons (Fsp3) is 0.267. The van der Waals surface area contributed by atoms with Gasteiger partial charge in [-0.05, 0) is 153 Å². The fourth-order valence-electron chi connectivity index (χ4n) is 8.72. The number of rotatable bonds is 17. The van der Waals surface area contributed by atoms with E-state index < -0.39 is 0 Å². The van der Waals surface area contributed by atoms with Crippen molar-refractivity contribution in [2.75, 3.05) is 0 Å². The van der Waals surface area contributed by atoms with Gasteiger partial charge in [0.1, 0.15) is 0 Å². The number of hydrogen-bond acceptors (Lipinski definition) is 2. The van der Waals surface area contributed by atoms with Crippen molar-refractivity contribution in [3.63, 3.8) is 0 Å². The van der Waals surface area contributed by atoms with Crippen molar-refractivity contribution in [3.05, 3.63) is 220 Å². The Balaban J connectivity index is 1.42. The second kappa shape index (κ2) is 24.9. The maximum absolute atomic E-state index is 5.34. The minimum atomic E-state index is 0.261. The maximum Gasteiger partial charge on any atom is 0.160 e. The lowest BCUT2D eigenvalue weighted by molar-refractivity contribution is 0.416. The smallest absolute Gasteiger partial charge is 0.160 e. The van der Waals surface area contributed by atoms with Crippen molar-refractivity contribution >= 4 is 30.2 Å². The average Bonchev–Trinajstić information content (AvgIpc) is 3.79. The van der Waals surface area contributed by atoms with Gasteiger partial charge in [0.25, 0.3) is 0 Å². The van der Waals surface area contributed by atoms with Crippen molar-refractivity contribution in [2.24, 2.45) is 25.9 Å². The fourth-order valence-corrected chi connectivity index (χ4v) is 8.72. The normalized spacial score (nSPS) is 17.0. The number of hydrogen-bond donors (Lipinski definition) is 0. The number of nitrogens with zero attached hydrogens (tertiary/aromatic N) is 4. The molecule has 0 saturated heterocycles. The van der Waals surface area contributed by atoms with E-state index in [2.05, 4.69) is 196 Å². The molecule has 2 atom stereocenters. The minimum absolute atomic E-state index is 0.261.